The van der Waals surface area contributed by atoms with Crippen LogP contribution >= 0.6 is 0 Å². The van der Waals surface area contributed by atoms with E-state index >= 15 is 0 Å². The monoisotopic (exact) mass is 218 g/mol. The second-order valence-corrected chi connectivity index (χ2v) is 3.02. The Morgan fingerprint density at radius 1 is 1.33 bits per heavy atom. The summed E-state index contributed by atoms with van der Waals surface area (Å²) in [6.45, 7) is 1.71. The summed E-state index contributed by atoms with van der Waals surface area (Å²) in [5, 5.41) is 9.98. The number of aliphatic carboxylic acids is 1. The van der Waals surface area contributed by atoms with E-state index in [1.54, 1.807) is 5.01 Å². The summed E-state index contributed by atoms with van der Waals surface area (Å²) in [5.74, 6) is -1.44. The summed E-state index contributed by atoms with van der Waals surface area (Å²) in [6, 6.07) is 0. The lowest BCUT2D eigenvalue weighted by molar-refractivity contribution is -0.144. The number of hydrogen-bond acceptors (Lipinski definition) is 5. The number of hydrogen-bond donors (Lipinski definition) is 2. The lowest BCUT2D eigenvalue weighted by atomic mass is 10.5. The first kappa shape index (κ1) is 11.9. The van der Waals surface area contributed by atoms with Crippen molar-refractivity contribution in [1.29, 1.82) is 0 Å². The molecule has 1 fully saturated rings. The molecule has 7 heteroatoms. The molecule has 1 aliphatic rings. The van der Waals surface area contributed by atoms with Gasteiger partial charge in [-0.15, -0.1) is 0 Å². The summed E-state index contributed by atoms with van der Waals surface area (Å²) >= 11 is 0. The Bertz CT molecular complexity index is 227. The first-order valence-corrected chi connectivity index (χ1v) is 4.60. The lowest BCUT2D eigenvalue weighted by Crippen LogP contribution is -2.49. The molecule has 0 radical (unpaired) electrons. The van der Waals surface area contributed by atoms with E-state index in [0.29, 0.717) is 26.3 Å². The number of nitrogens with one attached hydrogen (secondary N) is 1. The molecule has 0 bridgehead atoms. The molecule has 0 spiro atoms. The smallest absolute Gasteiger partial charge is 0.329 e. The van der Waals surface area contributed by atoms with Crippen LogP contribution in [0.25, 0.3) is 0 Å². The fraction of sp³-hybridized carbons (Fsp3) is 0.750. The number of carbonyl (C=O) groups is 2. The van der Waals surface area contributed by atoms with Crippen LogP contribution in [0.2, 0.25) is 0 Å². The molecular formula is C8H14N2O5. The van der Waals surface area contributed by atoms with Gasteiger partial charge in [-0.2, -0.15) is 0 Å². The SMILES string of the molecule is O=C(O)COCC(=O)NN1CCOCC1. The summed E-state index contributed by atoms with van der Waals surface area (Å²) in [5.41, 5.74) is 2.59. The number of carboxylic acids is 1. The highest BCUT2D eigenvalue weighted by Gasteiger charge is 2.12. The first-order chi connectivity index (χ1) is 7.18. The van der Waals surface area contributed by atoms with Crippen molar-refractivity contribution in [2.45, 2.75) is 0 Å². The van der Waals surface area contributed by atoms with Gasteiger partial charge in [0.15, 0.2) is 0 Å². The van der Waals surface area contributed by atoms with E-state index < -0.39 is 12.6 Å². The third-order valence-corrected chi connectivity index (χ3v) is 1.75. The molecule has 0 unspecified atom stereocenters. The topological polar surface area (TPSA) is 88.1 Å². The molecule has 1 rings (SSSR count). The van der Waals surface area contributed by atoms with Crippen LogP contribution in [0.15, 0.2) is 0 Å². The molecule has 0 aromatic carbocycles. The van der Waals surface area contributed by atoms with Crippen molar-refractivity contribution >= 4 is 11.9 Å². The molecule has 7 nitrogen and oxygen atoms in total. The molecule has 0 atom stereocenters. The van der Waals surface area contributed by atoms with Gasteiger partial charge in [-0.25, -0.2) is 9.80 Å². The largest absolute Gasteiger partial charge is 0.480 e. The second-order valence-electron chi connectivity index (χ2n) is 3.02. The summed E-state index contributed by atoms with van der Waals surface area (Å²) < 4.78 is 9.72. The van der Waals surface area contributed by atoms with Gasteiger partial charge in [0.2, 0.25) is 0 Å². The van der Waals surface area contributed by atoms with Crippen LogP contribution < -0.4 is 5.43 Å². The van der Waals surface area contributed by atoms with Crippen LogP contribution in [0, 0.1) is 0 Å². The average Bonchev–Trinajstić information content (AvgIpc) is 2.18. The maximum Gasteiger partial charge on any atom is 0.329 e. The van der Waals surface area contributed by atoms with E-state index in [4.69, 9.17) is 9.84 Å². The Labute approximate surface area is 86.9 Å². The molecule has 86 valence electrons. The van der Waals surface area contributed by atoms with E-state index in [-0.39, 0.29) is 12.5 Å². The van der Waals surface area contributed by atoms with E-state index in [9.17, 15) is 9.59 Å². The van der Waals surface area contributed by atoms with Gasteiger partial charge in [0, 0.05) is 13.1 Å². The average molecular weight is 218 g/mol. The molecular weight excluding hydrogens is 204 g/mol. The third kappa shape index (κ3) is 5.31. The standard InChI is InChI=1S/C8H14N2O5/c11-7(5-15-6-8(12)13)9-10-1-3-14-4-2-10/h1-6H2,(H,9,11)(H,12,13). The second kappa shape index (κ2) is 6.33. The van der Waals surface area contributed by atoms with Crippen LogP contribution in [-0.4, -0.2) is 61.5 Å². The molecule has 1 saturated heterocycles. The molecule has 2 N–H and O–H groups in total. The van der Waals surface area contributed by atoms with Crippen LogP contribution in [0.5, 0.6) is 0 Å². The minimum atomic E-state index is -1.09. The zero-order chi connectivity index (χ0) is 11.1. The summed E-state index contributed by atoms with van der Waals surface area (Å²) in [7, 11) is 0. The van der Waals surface area contributed by atoms with Gasteiger partial charge in [-0.1, -0.05) is 0 Å². The quantitative estimate of drug-likeness (QED) is 0.581. The molecule has 1 amide bonds. The Balaban J connectivity index is 2.09. The number of carboxylic acid groups (broad SMARTS) is 1. The van der Waals surface area contributed by atoms with Crippen LogP contribution in [0.3, 0.4) is 0 Å². The number of carbonyl (C=O) groups excluding carboxylic acids is 1. The number of hydrazine groups is 1. The highest BCUT2D eigenvalue weighted by atomic mass is 16.5. The van der Waals surface area contributed by atoms with Gasteiger partial charge in [-0.3, -0.25) is 10.2 Å². The molecule has 0 aromatic rings. The number of rotatable bonds is 5. The predicted octanol–water partition coefficient (Wildman–Crippen LogP) is -1.55. The van der Waals surface area contributed by atoms with Crippen LogP contribution in [0.4, 0.5) is 0 Å². The van der Waals surface area contributed by atoms with E-state index in [0.717, 1.165) is 0 Å². The van der Waals surface area contributed by atoms with Crippen LogP contribution in [-0.2, 0) is 19.1 Å². The maximum atomic E-state index is 11.2. The Morgan fingerprint density at radius 2 is 2.00 bits per heavy atom. The predicted molar refractivity (Wildman–Crippen MR) is 49.0 cm³/mol. The first-order valence-electron chi connectivity index (χ1n) is 4.60. The van der Waals surface area contributed by atoms with Gasteiger partial charge in [0.05, 0.1) is 13.2 Å². The molecule has 0 aromatic heterocycles. The van der Waals surface area contributed by atoms with Gasteiger partial charge >= 0.3 is 5.97 Å². The van der Waals surface area contributed by atoms with Crippen molar-refractivity contribution in [2.24, 2.45) is 0 Å². The van der Waals surface area contributed by atoms with Crippen molar-refractivity contribution in [1.82, 2.24) is 10.4 Å². The van der Waals surface area contributed by atoms with Crippen LogP contribution in [0.1, 0.15) is 0 Å². The number of ether oxygens (including phenoxy) is 2. The molecule has 0 aliphatic carbocycles. The van der Waals surface area contributed by atoms with Crippen molar-refractivity contribution in [3.63, 3.8) is 0 Å². The summed E-state index contributed by atoms with van der Waals surface area (Å²) in [4.78, 5) is 21.3. The molecule has 1 aliphatic heterocycles. The zero-order valence-corrected chi connectivity index (χ0v) is 8.27. The van der Waals surface area contributed by atoms with Gasteiger partial charge in [-0.05, 0) is 0 Å². The Morgan fingerprint density at radius 3 is 2.60 bits per heavy atom. The van der Waals surface area contributed by atoms with Crippen molar-refractivity contribution in [3.05, 3.63) is 0 Å². The fourth-order valence-electron chi connectivity index (χ4n) is 1.11. The minimum absolute atomic E-state index is 0.246. The number of nitrogens with zero attached hydrogens (tertiary/aromatic N) is 1. The fourth-order valence-corrected chi connectivity index (χ4v) is 1.11. The summed E-state index contributed by atoms with van der Waals surface area (Å²) in [6.07, 6.45) is 0. The highest BCUT2D eigenvalue weighted by molar-refractivity contribution is 5.77. The number of morpholine rings is 1. The number of amides is 1. The van der Waals surface area contributed by atoms with Gasteiger partial charge < -0.3 is 14.6 Å². The molecule has 1 heterocycles. The maximum absolute atomic E-state index is 11.2. The normalized spacial score (nSPS) is 17.3. The van der Waals surface area contributed by atoms with E-state index in [1.165, 1.54) is 0 Å². The molecule has 0 saturated carbocycles. The Kier molecular flexibility index (Phi) is 5.02. The Hall–Kier alpha value is -1.18. The molecule has 15 heavy (non-hydrogen) atoms. The van der Waals surface area contributed by atoms with Gasteiger partial charge in [0.1, 0.15) is 13.2 Å². The minimum Gasteiger partial charge on any atom is -0.480 e. The van der Waals surface area contributed by atoms with E-state index in [2.05, 4.69) is 10.2 Å². The van der Waals surface area contributed by atoms with Gasteiger partial charge in [0.25, 0.3) is 5.91 Å². The van der Waals surface area contributed by atoms with Crippen molar-refractivity contribution in [3.8, 4) is 0 Å². The van der Waals surface area contributed by atoms with Crippen molar-refractivity contribution in [2.75, 3.05) is 39.5 Å². The van der Waals surface area contributed by atoms with Crippen molar-refractivity contribution < 1.29 is 24.2 Å². The lowest BCUT2D eigenvalue weighted by Gasteiger charge is -2.26. The highest BCUT2D eigenvalue weighted by Crippen LogP contribution is 1.92. The third-order valence-electron chi connectivity index (χ3n) is 1.75. The van der Waals surface area contributed by atoms with E-state index in [1.807, 2.05) is 0 Å². The zero-order valence-electron chi connectivity index (χ0n) is 8.27.